The van der Waals surface area contributed by atoms with Crippen molar-refractivity contribution >= 4 is 23.7 Å². The van der Waals surface area contributed by atoms with Crippen LogP contribution in [0.2, 0.25) is 0 Å². The zero-order valence-electron chi connectivity index (χ0n) is 15.7. The van der Waals surface area contributed by atoms with Crippen molar-refractivity contribution in [2.75, 3.05) is 51.6 Å². The third kappa shape index (κ3) is 4.51. The molecule has 3 rings (SSSR count). The highest BCUT2D eigenvalue weighted by Crippen LogP contribution is 2.38. The molecule has 6 nitrogen and oxygen atoms in total. The molecule has 0 spiro atoms. The van der Waals surface area contributed by atoms with E-state index in [9.17, 15) is 9.59 Å². The molecule has 2 fully saturated rings. The van der Waals surface area contributed by atoms with Crippen LogP contribution < -0.4 is 10.2 Å². The van der Waals surface area contributed by atoms with Crippen LogP contribution in [-0.4, -0.2) is 73.3 Å². The van der Waals surface area contributed by atoms with Crippen LogP contribution in [0.4, 0.5) is 4.79 Å². The third-order valence-electron chi connectivity index (χ3n) is 5.12. The average molecular weight is 378 g/mol. The van der Waals surface area contributed by atoms with Gasteiger partial charge in [-0.15, -0.1) is 11.8 Å². The Hall–Kier alpha value is -1.73. The minimum Gasteiger partial charge on any atom is -0.338 e. The van der Waals surface area contributed by atoms with Gasteiger partial charge in [-0.2, -0.15) is 0 Å². The highest BCUT2D eigenvalue weighted by Gasteiger charge is 2.33. The standard InChI is InChI=1S/C19H28N4O2S/c1-3-20-19(25)22-11-8-21(9-12-22)10-13-23-17(24)14-26-18(23)16-6-4-15(2)5-7-16/h4-7,18H,3,8-14H2,1-2H3,(H,20,25)/p+1/t18-/m1/s1. The van der Waals surface area contributed by atoms with Crippen LogP contribution in [0.25, 0.3) is 0 Å². The van der Waals surface area contributed by atoms with Gasteiger partial charge in [0.2, 0.25) is 5.91 Å². The zero-order chi connectivity index (χ0) is 18.5. The maximum absolute atomic E-state index is 12.3. The van der Waals surface area contributed by atoms with Crippen LogP contribution in [-0.2, 0) is 4.79 Å². The highest BCUT2D eigenvalue weighted by atomic mass is 32.2. The van der Waals surface area contributed by atoms with Crippen molar-refractivity contribution in [3.8, 4) is 0 Å². The SMILES string of the molecule is CCNC(=O)N1CC[NH+](CCN2C(=O)CS[C@@H]2c2ccc(C)cc2)CC1. The van der Waals surface area contributed by atoms with Crippen molar-refractivity contribution in [1.29, 1.82) is 0 Å². The smallest absolute Gasteiger partial charge is 0.317 e. The topological polar surface area (TPSA) is 57.1 Å². The van der Waals surface area contributed by atoms with E-state index in [4.69, 9.17) is 0 Å². The van der Waals surface area contributed by atoms with E-state index in [-0.39, 0.29) is 17.3 Å². The number of urea groups is 1. The molecule has 2 saturated heterocycles. The summed E-state index contributed by atoms with van der Waals surface area (Å²) in [6.07, 6.45) is 0. The number of benzene rings is 1. The number of carbonyl (C=O) groups is 2. The van der Waals surface area contributed by atoms with Crippen LogP contribution in [0.5, 0.6) is 0 Å². The first-order valence-electron chi connectivity index (χ1n) is 9.42. The number of quaternary nitrogens is 1. The van der Waals surface area contributed by atoms with Crippen LogP contribution in [0.15, 0.2) is 24.3 Å². The van der Waals surface area contributed by atoms with E-state index < -0.39 is 0 Å². The first-order chi connectivity index (χ1) is 12.6. The summed E-state index contributed by atoms with van der Waals surface area (Å²) in [5, 5.41) is 3.00. The summed E-state index contributed by atoms with van der Waals surface area (Å²) in [7, 11) is 0. The highest BCUT2D eigenvalue weighted by molar-refractivity contribution is 8.00. The van der Waals surface area contributed by atoms with Crippen LogP contribution in [0.1, 0.15) is 23.4 Å². The van der Waals surface area contributed by atoms with Crippen LogP contribution >= 0.6 is 11.8 Å². The predicted molar refractivity (Wildman–Crippen MR) is 104 cm³/mol. The molecule has 7 heteroatoms. The molecule has 0 radical (unpaired) electrons. The molecule has 0 aromatic heterocycles. The molecule has 2 aliphatic heterocycles. The van der Waals surface area contributed by atoms with Crippen molar-refractivity contribution in [3.05, 3.63) is 35.4 Å². The number of carbonyl (C=O) groups excluding carboxylic acids is 2. The number of hydrogen-bond donors (Lipinski definition) is 2. The van der Waals surface area contributed by atoms with Crippen molar-refractivity contribution < 1.29 is 14.5 Å². The van der Waals surface area contributed by atoms with E-state index in [1.165, 1.54) is 16.0 Å². The lowest BCUT2D eigenvalue weighted by atomic mass is 10.1. The Labute approximate surface area is 159 Å². The van der Waals surface area contributed by atoms with Crippen molar-refractivity contribution in [3.63, 3.8) is 0 Å². The molecule has 1 aromatic rings. The molecule has 0 aliphatic carbocycles. The van der Waals surface area contributed by atoms with Crippen molar-refractivity contribution in [2.24, 2.45) is 0 Å². The summed E-state index contributed by atoms with van der Waals surface area (Å²) >= 11 is 1.72. The lowest BCUT2D eigenvalue weighted by Gasteiger charge is -2.33. The molecule has 1 atom stereocenters. The minimum absolute atomic E-state index is 0.0390. The number of nitrogens with one attached hydrogen (secondary N) is 2. The monoisotopic (exact) mass is 377 g/mol. The summed E-state index contributed by atoms with van der Waals surface area (Å²) in [5.41, 5.74) is 2.45. The van der Waals surface area contributed by atoms with Gasteiger partial charge in [0.1, 0.15) is 5.37 Å². The van der Waals surface area contributed by atoms with Gasteiger partial charge in [0.05, 0.1) is 45.0 Å². The van der Waals surface area contributed by atoms with E-state index in [1.807, 2.05) is 16.7 Å². The second-order valence-corrected chi connectivity index (χ2v) is 8.05. The normalized spacial score (nSPS) is 21.3. The number of piperazine rings is 1. The first-order valence-corrected chi connectivity index (χ1v) is 10.5. The minimum atomic E-state index is 0.0390. The summed E-state index contributed by atoms with van der Waals surface area (Å²) in [4.78, 5) is 29.6. The molecular formula is C19H29N4O2S+. The number of aryl methyl sites for hydroxylation is 1. The van der Waals surface area contributed by atoms with Gasteiger partial charge in [-0.3, -0.25) is 4.79 Å². The average Bonchev–Trinajstić information content (AvgIpc) is 3.02. The Morgan fingerprint density at radius 1 is 1.27 bits per heavy atom. The molecule has 1 aromatic carbocycles. The van der Waals surface area contributed by atoms with E-state index >= 15 is 0 Å². The number of nitrogens with zero attached hydrogens (tertiary/aromatic N) is 2. The van der Waals surface area contributed by atoms with Gasteiger partial charge in [-0.25, -0.2) is 4.79 Å². The molecule has 3 amide bonds. The first kappa shape index (κ1) is 19.0. The van der Waals surface area contributed by atoms with E-state index in [0.29, 0.717) is 12.3 Å². The maximum Gasteiger partial charge on any atom is 0.317 e. The summed E-state index contributed by atoms with van der Waals surface area (Å²) in [6, 6.07) is 8.54. The molecule has 2 N–H and O–H groups in total. The van der Waals surface area contributed by atoms with Gasteiger partial charge in [0.25, 0.3) is 0 Å². The Kier molecular flexibility index (Phi) is 6.43. The maximum atomic E-state index is 12.3. The molecule has 26 heavy (non-hydrogen) atoms. The van der Waals surface area contributed by atoms with Gasteiger partial charge in [-0.05, 0) is 19.4 Å². The molecule has 2 aliphatic rings. The lowest BCUT2D eigenvalue weighted by Crippen LogP contribution is -3.15. The quantitative estimate of drug-likeness (QED) is 0.786. The van der Waals surface area contributed by atoms with E-state index in [2.05, 4.69) is 36.5 Å². The van der Waals surface area contributed by atoms with Gasteiger partial charge in [0, 0.05) is 6.54 Å². The van der Waals surface area contributed by atoms with Crippen LogP contribution in [0.3, 0.4) is 0 Å². The van der Waals surface area contributed by atoms with Crippen LogP contribution in [0, 0.1) is 6.92 Å². The molecular weight excluding hydrogens is 348 g/mol. The van der Waals surface area contributed by atoms with E-state index in [1.54, 1.807) is 11.8 Å². The van der Waals surface area contributed by atoms with Gasteiger partial charge in [0.15, 0.2) is 0 Å². The summed E-state index contributed by atoms with van der Waals surface area (Å²) < 4.78 is 0. The van der Waals surface area contributed by atoms with Gasteiger partial charge < -0.3 is 20.0 Å². The fraction of sp³-hybridized carbons (Fsp3) is 0.579. The predicted octanol–water partition coefficient (Wildman–Crippen LogP) is 0.499. The summed E-state index contributed by atoms with van der Waals surface area (Å²) in [6.45, 7) is 9.87. The van der Waals surface area contributed by atoms with Crippen molar-refractivity contribution in [1.82, 2.24) is 15.1 Å². The molecule has 142 valence electrons. The molecule has 0 saturated carbocycles. The van der Waals surface area contributed by atoms with Crippen molar-refractivity contribution in [2.45, 2.75) is 19.2 Å². The number of amides is 3. The fourth-order valence-corrected chi connectivity index (χ4v) is 4.74. The largest absolute Gasteiger partial charge is 0.338 e. The fourth-order valence-electron chi connectivity index (χ4n) is 3.52. The number of thioether (sulfide) groups is 1. The molecule has 0 bridgehead atoms. The van der Waals surface area contributed by atoms with Gasteiger partial charge in [-0.1, -0.05) is 29.8 Å². The molecule has 0 unspecified atom stereocenters. The Morgan fingerprint density at radius 2 is 1.96 bits per heavy atom. The Balaban J connectivity index is 1.51. The number of hydrogen-bond acceptors (Lipinski definition) is 3. The third-order valence-corrected chi connectivity index (χ3v) is 6.38. The van der Waals surface area contributed by atoms with Gasteiger partial charge >= 0.3 is 6.03 Å². The van der Waals surface area contributed by atoms with E-state index in [0.717, 1.165) is 39.3 Å². The second kappa shape index (κ2) is 8.77. The summed E-state index contributed by atoms with van der Waals surface area (Å²) in [5.74, 6) is 0.805. The molecule has 2 heterocycles. The Bertz CT molecular complexity index is 629. The lowest BCUT2D eigenvalue weighted by molar-refractivity contribution is -0.903. The Morgan fingerprint density at radius 3 is 2.62 bits per heavy atom. The second-order valence-electron chi connectivity index (χ2n) is 6.98. The zero-order valence-corrected chi connectivity index (χ0v) is 16.5. The number of rotatable bonds is 5.